The summed E-state index contributed by atoms with van der Waals surface area (Å²) in [6, 6.07) is 0. The van der Waals surface area contributed by atoms with Gasteiger partial charge in [0, 0.05) is 12.5 Å². The summed E-state index contributed by atoms with van der Waals surface area (Å²) in [5.41, 5.74) is 0.176. The number of aromatic nitrogens is 3. The van der Waals surface area contributed by atoms with Crippen LogP contribution in [-0.2, 0) is 0 Å². The van der Waals surface area contributed by atoms with Crippen LogP contribution >= 0.6 is 0 Å². The lowest BCUT2D eigenvalue weighted by molar-refractivity contribution is 0.0927. The molecule has 5 heteroatoms. The number of hydrogen-bond acceptors (Lipinski definition) is 3. The van der Waals surface area contributed by atoms with Crippen molar-refractivity contribution in [3.05, 3.63) is 11.6 Å². The summed E-state index contributed by atoms with van der Waals surface area (Å²) in [6.07, 6.45) is 0. The van der Waals surface area contributed by atoms with Crippen molar-refractivity contribution in [2.75, 3.05) is 6.54 Å². The van der Waals surface area contributed by atoms with E-state index in [0.29, 0.717) is 12.5 Å². The van der Waals surface area contributed by atoms with Gasteiger partial charge >= 0.3 is 0 Å². The van der Waals surface area contributed by atoms with Gasteiger partial charge < -0.3 is 5.32 Å². The molecule has 1 unspecified atom stereocenters. The van der Waals surface area contributed by atoms with Gasteiger partial charge in [-0.2, -0.15) is 0 Å². The third-order valence-corrected chi connectivity index (χ3v) is 3.30. The number of hydrogen-bond donors (Lipinski definition) is 2. The van der Waals surface area contributed by atoms with Crippen molar-refractivity contribution in [3.8, 4) is 0 Å². The van der Waals surface area contributed by atoms with Crippen molar-refractivity contribution in [2.45, 2.75) is 47.5 Å². The van der Waals surface area contributed by atoms with Gasteiger partial charge in [-0.1, -0.05) is 41.5 Å². The molecule has 0 radical (unpaired) electrons. The summed E-state index contributed by atoms with van der Waals surface area (Å²) in [6.45, 7) is 13.2. The number of nitrogens with zero attached hydrogens (tertiary/aromatic N) is 2. The van der Waals surface area contributed by atoms with Crippen LogP contribution < -0.4 is 5.32 Å². The van der Waals surface area contributed by atoms with Gasteiger partial charge in [-0.3, -0.25) is 9.89 Å². The number of carbonyl (C=O) groups is 1. The van der Waals surface area contributed by atoms with Crippen LogP contribution in [0.4, 0.5) is 0 Å². The SMILES string of the molecule is CC(C)c1nc(C(=O)NCC(C)C(C)(C)C)n[nH]1. The van der Waals surface area contributed by atoms with Crippen molar-refractivity contribution in [3.63, 3.8) is 0 Å². The Morgan fingerprint density at radius 3 is 2.39 bits per heavy atom. The summed E-state index contributed by atoms with van der Waals surface area (Å²) in [5.74, 6) is 1.38. The minimum Gasteiger partial charge on any atom is -0.349 e. The minimum absolute atomic E-state index is 0.176. The lowest BCUT2D eigenvalue weighted by atomic mass is 9.82. The zero-order valence-corrected chi connectivity index (χ0v) is 12.2. The van der Waals surface area contributed by atoms with E-state index in [4.69, 9.17) is 0 Å². The molecule has 0 fully saturated rings. The monoisotopic (exact) mass is 252 g/mol. The van der Waals surface area contributed by atoms with E-state index in [-0.39, 0.29) is 23.1 Å². The Bertz CT molecular complexity index is 403. The first kappa shape index (κ1) is 14.7. The Kier molecular flexibility index (Phi) is 4.48. The van der Waals surface area contributed by atoms with Crippen LogP contribution in [0, 0.1) is 11.3 Å². The molecule has 5 nitrogen and oxygen atoms in total. The molecule has 102 valence electrons. The van der Waals surface area contributed by atoms with Gasteiger partial charge in [0.15, 0.2) is 0 Å². The molecule has 1 aromatic rings. The van der Waals surface area contributed by atoms with Crippen LogP contribution in [0.1, 0.15) is 63.9 Å². The Morgan fingerprint density at radius 1 is 1.33 bits per heavy atom. The fourth-order valence-corrected chi connectivity index (χ4v) is 1.27. The number of rotatable bonds is 4. The molecular formula is C13H24N4O. The predicted octanol–water partition coefficient (Wildman–Crippen LogP) is 2.34. The van der Waals surface area contributed by atoms with Crippen LogP contribution in [0.2, 0.25) is 0 Å². The second-order valence-electron chi connectivity index (χ2n) is 6.18. The highest BCUT2D eigenvalue weighted by Crippen LogP contribution is 2.24. The largest absolute Gasteiger partial charge is 0.349 e. The smallest absolute Gasteiger partial charge is 0.290 e. The summed E-state index contributed by atoms with van der Waals surface area (Å²) >= 11 is 0. The van der Waals surface area contributed by atoms with Gasteiger partial charge in [0.2, 0.25) is 5.82 Å². The second-order valence-corrected chi connectivity index (χ2v) is 6.18. The molecular weight excluding hydrogens is 228 g/mol. The molecule has 1 atom stereocenters. The molecule has 2 N–H and O–H groups in total. The number of H-pyrrole nitrogens is 1. The normalized spacial score (nSPS) is 13.7. The average Bonchev–Trinajstić information content (AvgIpc) is 2.73. The third-order valence-electron chi connectivity index (χ3n) is 3.30. The molecule has 0 aliphatic heterocycles. The highest BCUT2D eigenvalue weighted by Gasteiger charge is 2.21. The van der Waals surface area contributed by atoms with E-state index in [9.17, 15) is 4.79 Å². The van der Waals surface area contributed by atoms with E-state index in [0.717, 1.165) is 5.82 Å². The molecule has 0 aliphatic rings. The van der Waals surface area contributed by atoms with E-state index in [2.05, 4.69) is 48.2 Å². The van der Waals surface area contributed by atoms with Crippen LogP contribution in [0.3, 0.4) is 0 Å². The first-order chi connectivity index (χ1) is 8.21. The molecule has 0 saturated carbocycles. The molecule has 1 aromatic heterocycles. The number of nitrogens with one attached hydrogen (secondary N) is 2. The first-order valence-electron chi connectivity index (χ1n) is 6.42. The van der Waals surface area contributed by atoms with E-state index in [1.807, 2.05) is 13.8 Å². The summed E-state index contributed by atoms with van der Waals surface area (Å²) in [5, 5.41) is 9.58. The maximum atomic E-state index is 11.9. The quantitative estimate of drug-likeness (QED) is 0.864. The third kappa shape index (κ3) is 3.82. The predicted molar refractivity (Wildman–Crippen MR) is 71.4 cm³/mol. The Labute approximate surface area is 109 Å². The van der Waals surface area contributed by atoms with E-state index in [1.54, 1.807) is 0 Å². The summed E-state index contributed by atoms with van der Waals surface area (Å²) in [4.78, 5) is 16.0. The van der Waals surface area contributed by atoms with Crippen molar-refractivity contribution in [2.24, 2.45) is 11.3 Å². The molecule has 0 aliphatic carbocycles. The zero-order chi connectivity index (χ0) is 13.9. The highest BCUT2D eigenvalue weighted by molar-refractivity contribution is 5.90. The molecule has 18 heavy (non-hydrogen) atoms. The topological polar surface area (TPSA) is 70.7 Å². The summed E-state index contributed by atoms with van der Waals surface area (Å²) in [7, 11) is 0. The van der Waals surface area contributed by atoms with Gasteiger partial charge in [0.25, 0.3) is 5.91 Å². The Balaban J connectivity index is 2.55. The van der Waals surface area contributed by atoms with Gasteiger partial charge in [0.1, 0.15) is 5.82 Å². The van der Waals surface area contributed by atoms with Crippen molar-refractivity contribution in [1.29, 1.82) is 0 Å². The maximum absolute atomic E-state index is 11.9. The van der Waals surface area contributed by atoms with E-state index < -0.39 is 0 Å². The van der Waals surface area contributed by atoms with Crippen molar-refractivity contribution >= 4 is 5.91 Å². The molecule has 1 amide bonds. The molecule has 1 rings (SSSR count). The fraction of sp³-hybridized carbons (Fsp3) is 0.769. The van der Waals surface area contributed by atoms with Gasteiger partial charge in [-0.15, -0.1) is 5.10 Å². The molecule has 1 heterocycles. The van der Waals surface area contributed by atoms with Crippen molar-refractivity contribution < 1.29 is 4.79 Å². The number of amides is 1. The average molecular weight is 252 g/mol. The number of aromatic amines is 1. The van der Waals surface area contributed by atoms with Gasteiger partial charge in [-0.25, -0.2) is 4.98 Å². The van der Waals surface area contributed by atoms with Crippen LogP contribution in [-0.4, -0.2) is 27.6 Å². The maximum Gasteiger partial charge on any atom is 0.290 e. The molecule has 0 saturated heterocycles. The lowest BCUT2D eigenvalue weighted by Crippen LogP contribution is -2.34. The lowest BCUT2D eigenvalue weighted by Gasteiger charge is -2.27. The zero-order valence-electron chi connectivity index (χ0n) is 12.2. The molecule has 0 spiro atoms. The van der Waals surface area contributed by atoms with Crippen molar-refractivity contribution in [1.82, 2.24) is 20.5 Å². The Morgan fingerprint density at radius 2 is 1.94 bits per heavy atom. The fourth-order valence-electron chi connectivity index (χ4n) is 1.27. The van der Waals surface area contributed by atoms with E-state index in [1.165, 1.54) is 0 Å². The van der Waals surface area contributed by atoms with Gasteiger partial charge in [-0.05, 0) is 11.3 Å². The van der Waals surface area contributed by atoms with Crippen LogP contribution in [0.15, 0.2) is 0 Å². The summed E-state index contributed by atoms with van der Waals surface area (Å²) < 4.78 is 0. The second kappa shape index (κ2) is 5.50. The Hall–Kier alpha value is -1.39. The standard InChI is InChI=1S/C13H24N4O/c1-8(2)10-15-11(17-16-10)12(18)14-7-9(3)13(4,5)6/h8-9H,7H2,1-6H3,(H,14,18)(H,15,16,17). The van der Waals surface area contributed by atoms with Crippen LogP contribution in [0.25, 0.3) is 0 Å². The molecule has 0 aromatic carbocycles. The van der Waals surface area contributed by atoms with E-state index >= 15 is 0 Å². The number of carbonyl (C=O) groups excluding carboxylic acids is 1. The highest BCUT2D eigenvalue weighted by atomic mass is 16.2. The molecule has 0 bridgehead atoms. The van der Waals surface area contributed by atoms with Gasteiger partial charge in [0.05, 0.1) is 0 Å². The van der Waals surface area contributed by atoms with Crippen LogP contribution in [0.5, 0.6) is 0 Å². The minimum atomic E-state index is -0.214. The first-order valence-corrected chi connectivity index (χ1v) is 6.42.